The maximum atomic E-state index is 12.5. The van der Waals surface area contributed by atoms with Gasteiger partial charge in [-0.1, -0.05) is 48.5 Å². The number of benzene rings is 2. The van der Waals surface area contributed by atoms with Crippen LogP contribution in [0.3, 0.4) is 0 Å². The third-order valence-electron chi connectivity index (χ3n) is 4.34. The van der Waals surface area contributed by atoms with Crippen molar-refractivity contribution >= 4 is 5.91 Å². The number of nitrogens with zero attached hydrogens (tertiary/aromatic N) is 1. The molecule has 0 N–H and O–H groups in total. The van der Waals surface area contributed by atoms with Crippen LogP contribution in [0.25, 0.3) is 0 Å². The molecule has 0 aliphatic carbocycles. The summed E-state index contributed by atoms with van der Waals surface area (Å²) in [7, 11) is 0. The highest BCUT2D eigenvalue weighted by Crippen LogP contribution is 2.22. The second-order valence-corrected chi connectivity index (χ2v) is 5.98. The quantitative estimate of drug-likeness (QED) is 0.814. The highest BCUT2D eigenvalue weighted by molar-refractivity contribution is 5.77. The Bertz CT molecular complexity index is 612. The Hall–Kier alpha value is -2.29. The first-order chi connectivity index (χ1) is 11.3. The molecule has 0 spiro atoms. The highest BCUT2D eigenvalue weighted by Gasteiger charge is 2.28. The third kappa shape index (κ3) is 4.35. The molecule has 3 nitrogen and oxygen atoms in total. The lowest BCUT2D eigenvalue weighted by Gasteiger charge is -2.25. The van der Waals surface area contributed by atoms with Gasteiger partial charge in [0.1, 0.15) is 5.75 Å². The van der Waals surface area contributed by atoms with Crippen molar-refractivity contribution in [2.45, 2.75) is 31.7 Å². The number of carbonyl (C=O) groups excluding carboxylic acids is 1. The van der Waals surface area contributed by atoms with Gasteiger partial charge >= 0.3 is 0 Å². The molecule has 1 fully saturated rings. The van der Waals surface area contributed by atoms with Crippen LogP contribution in [0.1, 0.15) is 24.8 Å². The van der Waals surface area contributed by atoms with Gasteiger partial charge in [-0.25, -0.2) is 0 Å². The summed E-state index contributed by atoms with van der Waals surface area (Å²) in [5.74, 6) is 1.03. The van der Waals surface area contributed by atoms with E-state index in [0.29, 0.717) is 19.1 Å². The van der Waals surface area contributed by atoms with Gasteiger partial charge < -0.3 is 9.64 Å². The van der Waals surface area contributed by atoms with Crippen molar-refractivity contribution < 1.29 is 9.53 Å². The van der Waals surface area contributed by atoms with Crippen LogP contribution in [0.4, 0.5) is 0 Å². The first-order valence-electron chi connectivity index (χ1n) is 8.34. The first-order valence-corrected chi connectivity index (χ1v) is 8.34. The van der Waals surface area contributed by atoms with Crippen molar-refractivity contribution in [3.63, 3.8) is 0 Å². The predicted molar refractivity (Wildman–Crippen MR) is 91.4 cm³/mol. The Labute approximate surface area is 137 Å². The van der Waals surface area contributed by atoms with Gasteiger partial charge in [-0.3, -0.25) is 4.79 Å². The lowest BCUT2D eigenvalue weighted by atomic mass is 10.0. The van der Waals surface area contributed by atoms with Crippen LogP contribution < -0.4 is 4.74 Å². The number of carbonyl (C=O) groups is 1. The number of hydrogen-bond acceptors (Lipinski definition) is 2. The molecule has 1 amide bonds. The molecular formula is C20H23NO2. The molecule has 2 aromatic rings. The van der Waals surface area contributed by atoms with Crippen LogP contribution in [0.5, 0.6) is 5.75 Å². The summed E-state index contributed by atoms with van der Waals surface area (Å²) in [6.07, 6.45) is 3.59. The van der Waals surface area contributed by atoms with Gasteiger partial charge in [-0.15, -0.1) is 0 Å². The standard InChI is InChI=1S/C20H23NO2/c22-20(13-15-23-19-11-5-2-6-12-19)21-14-7-10-18(21)16-17-8-3-1-4-9-17/h1-6,8-9,11-12,18H,7,10,13-16H2. The van der Waals surface area contributed by atoms with E-state index in [0.717, 1.165) is 31.6 Å². The molecule has 0 bridgehead atoms. The largest absolute Gasteiger partial charge is 0.493 e. The van der Waals surface area contributed by atoms with Gasteiger partial charge in [0.05, 0.1) is 13.0 Å². The summed E-state index contributed by atoms with van der Waals surface area (Å²) in [6, 6.07) is 20.4. The minimum Gasteiger partial charge on any atom is -0.493 e. The van der Waals surface area contributed by atoms with E-state index in [9.17, 15) is 4.79 Å². The zero-order chi connectivity index (χ0) is 15.9. The van der Waals surface area contributed by atoms with E-state index >= 15 is 0 Å². The van der Waals surface area contributed by atoms with Crippen molar-refractivity contribution in [2.24, 2.45) is 0 Å². The Morgan fingerprint density at radius 3 is 2.48 bits per heavy atom. The lowest BCUT2D eigenvalue weighted by Crippen LogP contribution is -2.37. The van der Waals surface area contributed by atoms with Gasteiger partial charge in [0.25, 0.3) is 0 Å². The van der Waals surface area contributed by atoms with E-state index < -0.39 is 0 Å². The third-order valence-corrected chi connectivity index (χ3v) is 4.34. The Balaban J connectivity index is 1.50. The summed E-state index contributed by atoms with van der Waals surface area (Å²) in [4.78, 5) is 14.5. The van der Waals surface area contributed by atoms with Crippen molar-refractivity contribution in [2.75, 3.05) is 13.2 Å². The molecule has 1 aliphatic heterocycles. The average molecular weight is 309 g/mol. The summed E-state index contributed by atoms with van der Waals surface area (Å²) in [5, 5.41) is 0. The number of para-hydroxylation sites is 1. The second-order valence-electron chi connectivity index (χ2n) is 5.98. The SMILES string of the molecule is O=C(CCOc1ccccc1)N1CCCC1Cc1ccccc1. The van der Waals surface area contributed by atoms with E-state index in [1.807, 2.05) is 41.3 Å². The maximum Gasteiger partial charge on any atom is 0.226 e. The van der Waals surface area contributed by atoms with Crippen LogP contribution in [-0.4, -0.2) is 30.0 Å². The molecule has 1 saturated heterocycles. The van der Waals surface area contributed by atoms with E-state index in [-0.39, 0.29) is 5.91 Å². The molecule has 2 aromatic carbocycles. The van der Waals surface area contributed by atoms with Crippen molar-refractivity contribution in [3.05, 3.63) is 66.2 Å². The van der Waals surface area contributed by atoms with Crippen LogP contribution in [0.15, 0.2) is 60.7 Å². The van der Waals surface area contributed by atoms with Crippen molar-refractivity contribution in [3.8, 4) is 5.75 Å². The minimum absolute atomic E-state index is 0.208. The van der Waals surface area contributed by atoms with Gasteiger partial charge in [-0.2, -0.15) is 0 Å². The fraction of sp³-hybridized carbons (Fsp3) is 0.350. The zero-order valence-corrected chi connectivity index (χ0v) is 13.4. The second kappa shape index (κ2) is 7.82. The lowest BCUT2D eigenvalue weighted by molar-refractivity contribution is -0.132. The molecule has 0 saturated carbocycles. The Morgan fingerprint density at radius 1 is 1.04 bits per heavy atom. The van der Waals surface area contributed by atoms with Crippen molar-refractivity contribution in [1.82, 2.24) is 4.90 Å². The first kappa shape index (κ1) is 15.6. The smallest absolute Gasteiger partial charge is 0.226 e. The normalized spacial score (nSPS) is 17.2. The molecule has 0 aromatic heterocycles. The van der Waals surface area contributed by atoms with Gasteiger partial charge in [0, 0.05) is 12.6 Å². The van der Waals surface area contributed by atoms with Gasteiger partial charge in [-0.05, 0) is 37.0 Å². The fourth-order valence-corrected chi connectivity index (χ4v) is 3.18. The summed E-state index contributed by atoms with van der Waals surface area (Å²) in [5.41, 5.74) is 1.30. The number of likely N-dealkylation sites (tertiary alicyclic amines) is 1. The Morgan fingerprint density at radius 2 is 1.74 bits per heavy atom. The predicted octanol–water partition coefficient (Wildman–Crippen LogP) is 3.69. The van der Waals surface area contributed by atoms with Crippen LogP contribution in [0.2, 0.25) is 0 Å². The molecule has 0 radical (unpaired) electrons. The van der Waals surface area contributed by atoms with Gasteiger partial charge in [0.15, 0.2) is 0 Å². The summed E-state index contributed by atoms with van der Waals surface area (Å²) >= 11 is 0. The molecule has 3 rings (SSSR count). The van der Waals surface area contributed by atoms with Crippen LogP contribution in [0, 0.1) is 0 Å². The van der Waals surface area contributed by atoms with Gasteiger partial charge in [0.2, 0.25) is 5.91 Å². The molecular weight excluding hydrogens is 286 g/mol. The number of rotatable bonds is 6. The monoisotopic (exact) mass is 309 g/mol. The molecule has 1 unspecified atom stereocenters. The number of amides is 1. The van der Waals surface area contributed by atoms with E-state index in [1.54, 1.807) is 0 Å². The van der Waals surface area contributed by atoms with E-state index in [4.69, 9.17) is 4.74 Å². The summed E-state index contributed by atoms with van der Waals surface area (Å²) < 4.78 is 5.64. The average Bonchev–Trinajstić information content (AvgIpc) is 3.05. The summed E-state index contributed by atoms with van der Waals surface area (Å²) in [6.45, 7) is 1.32. The molecule has 120 valence electrons. The number of hydrogen-bond donors (Lipinski definition) is 0. The highest BCUT2D eigenvalue weighted by atomic mass is 16.5. The Kier molecular flexibility index (Phi) is 5.30. The molecule has 23 heavy (non-hydrogen) atoms. The van der Waals surface area contributed by atoms with Crippen LogP contribution in [-0.2, 0) is 11.2 Å². The molecule has 1 atom stereocenters. The maximum absolute atomic E-state index is 12.5. The zero-order valence-electron chi connectivity index (χ0n) is 13.4. The van der Waals surface area contributed by atoms with Crippen LogP contribution >= 0.6 is 0 Å². The fourth-order valence-electron chi connectivity index (χ4n) is 3.18. The van der Waals surface area contributed by atoms with E-state index in [1.165, 1.54) is 5.56 Å². The topological polar surface area (TPSA) is 29.5 Å². The van der Waals surface area contributed by atoms with Crippen molar-refractivity contribution in [1.29, 1.82) is 0 Å². The number of ether oxygens (including phenoxy) is 1. The molecule has 1 heterocycles. The van der Waals surface area contributed by atoms with E-state index in [2.05, 4.69) is 24.3 Å². The molecule has 3 heteroatoms. The molecule has 1 aliphatic rings. The minimum atomic E-state index is 0.208.